The number of likely N-dealkylation sites (tertiary alicyclic amines) is 1. The SMILES string of the molecule is CC(C)(C)OC(=O)N1CC(CCC(Nc2cccc(S(N)(=O)=O)c2)c2ccccc2)CC1(C)C. The molecule has 0 aliphatic carbocycles. The monoisotopic (exact) mass is 487 g/mol. The number of amides is 1. The van der Waals surface area contributed by atoms with Gasteiger partial charge in [-0.3, -0.25) is 0 Å². The zero-order valence-electron chi connectivity index (χ0n) is 20.7. The third-order valence-electron chi connectivity index (χ3n) is 6.14. The number of carbonyl (C=O) groups excluding carboxylic acids is 1. The van der Waals surface area contributed by atoms with Crippen molar-refractivity contribution in [2.75, 3.05) is 11.9 Å². The Morgan fingerprint density at radius 2 is 1.85 bits per heavy atom. The minimum Gasteiger partial charge on any atom is -0.444 e. The number of nitrogens with zero attached hydrogens (tertiary/aromatic N) is 1. The standard InChI is InChI=1S/C26H37N3O4S/c1-25(2,3)33-24(30)29-18-19(17-26(29,4)5)14-15-23(20-10-7-6-8-11-20)28-21-12-9-13-22(16-21)34(27,31)32/h6-13,16,19,23,28H,14-15,17-18H2,1-5H3,(H2,27,31,32). The Morgan fingerprint density at radius 3 is 2.47 bits per heavy atom. The fourth-order valence-corrected chi connectivity index (χ4v) is 5.15. The molecule has 2 aromatic rings. The van der Waals surface area contributed by atoms with Gasteiger partial charge in [-0.2, -0.15) is 0 Å². The highest BCUT2D eigenvalue weighted by Gasteiger charge is 2.42. The molecule has 1 aliphatic rings. The second-order valence-corrected chi connectivity index (χ2v) is 12.3. The first kappa shape index (κ1) is 26.0. The maximum Gasteiger partial charge on any atom is 0.410 e. The van der Waals surface area contributed by atoms with Crippen molar-refractivity contribution >= 4 is 21.8 Å². The number of rotatable bonds is 7. The summed E-state index contributed by atoms with van der Waals surface area (Å²) in [4.78, 5) is 14.7. The van der Waals surface area contributed by atoms with Crippen LogP contribution in [0.3, 0.4) is 0 Å². The summed E-state index contributed by atoms with van der Waals surface area (Å²) in [7, 11) is -3.78. The van der Waals surface area contributed by atoms with Gasteiger partial charge in [0.15, 0.2) is 0 Å². The molecule has 186 valence electrons. The number of hydrogen-bond acceptors (Lipinski definition) is 5. The summed E-state index contributed by atoms with van der Waals surface area (Å²) in [5.74, 6) is 0.339. The summed E-state index contributed by atoms with van der Waals surface area (Å²) in [6.07, 6.45) is 2.36. The van der Waals surface area contributed by atoms with E-state index in [4.69, 9.17) is 9.88 Å². The molecule has 1 heterocycles. The molecule has 0 aromatic heterocycles. The van der Waals surface area contributed by atoms with Crippen LogP contribution >= 0.6 is 0 Å². The Labute approximate surface area is 203 Å². The lowest BCUT2D eigenvalue weighted by molar-refractivity contribution is 0.0131. The van der Waals surface area contributed by atoms with E-state index in [0.717, 1.165) is 24.8 Å². The van der Waals surface area contributed by atoms with Crippen molar-refractivity contribution in [1.82, 2.24) is 4.90 Å². The Hall–Kier alpha value is -2.58. The summed E-state index contributed by atoms with van der Waals surface area (Å²) >= 11 is 0. The predicted molar refractivity (Wildman–Crippen MR) is 135 cm³/mol. The topological polar surface area (TPSA) is 102 Å². The van der Waals surface area contributed by atoms with Crippen LogP contribution in [0.25, 0.3) is 0 Å². The van der Waals surface area contributed by atoms with Crippen LogP contribution in [-0.2, 0) is 14.8 Å². The molecular formula is C26H37N3O4S. The largest absolute Gasteiger partial charge is 0.444 e. The number of hydrogen-bond donors (Lipinski definition) is 2. The van der Waals surface area contributed by atoms with E-state index >= 15 is 0 Å². The van der Waals surface area contributed by atoms with Crippen molar-refractivity contribution in [3.05, 3.63) is 60.2 Å². The molecule has 1 saturated heterocycles. The maximum atomic E-state index is 12.8. The Kier molecular flexibility index (Phi) is 7.62. The van der Waals surface area contributed by atoms with Crippen LogP contribution in [0, 0.1) is 5.92 Å². The molecule has 2 atom stereocenters. The van der Waals surface area contributed by atoms with Gasteiger partial charge in [0.1, 0.15) is 5.60 Å². The van der Waals surface area contributed by atoms with Gasteiger partial charge in [-0.25, -0.2) is 18.4 Å². The number of nitrogens with two attached hydrogens (primary N) is 1. The van der Waals surface area contributed by atoms with E-state index in [1.165, 1.54) is 6.07 Å². The van der Waals surface area contributed by atoms with E-state index in [-0.39, 0.29) is 22.6 Å². The predicted octanol–water partition coefficient (Wildman–Crippen LogP) is 5.30. The molecule has 3 N–H and O–H groups in total. The highest BCUT2D eigenvalue weighted by Crippen LogP contribution is 2.38. The van der Waals surface area contributed by atoms with Gasteiger partial charge in [0.2, 0.25) is 10.0 Å². The lowest BCUT2D eigenvalue weighted by Gasteiger charge is -2.33. The molecular weight excluding hydrogens is 450 g/mol. The fourth-order valence-electron chi connectivity index (χ4n) is 4.59. The third kappa shape index (κ3) is 6.96. The van der Waals surface area contributed by atoms with Crippen molar-refractivity contribution < 1.29 is 17.9 Å². The van der Waals surface area contributed by atoms with Crippen LogP contribution in [-0.4, -0.2) is 37.1 Å². The zero-order valence-corrected chi connectivity index (χ0v) is 21.6. The Bertz CT molecular complexity index is 1090. The average molecular weight is 488 g/mol. The first-order chi connectivity index (χ1) is 15.7. The Balaban J connectivity index is 1.73. The summed E-state index contributed by atoms with van der Waals surface area (Å²) in [6.45, 7) is 10.5. The molecule has 8 heteroatoms. The minimum absolute atomic E-state index is 0.0179. The van der Waals surface area contributed by atoms with Crippen molar-refractivity contribution in [3.8, 4) is 0 Å². The molecule has 2 aromatic carbocycles. The zero-order chi connectivity index (χ0) is 25.1. The molecule has 34 heavy (non-hydrogen) atoms. The van der Waals surface area contributed by atoms with Crippen molar-refractivity contribution in [2.24, 2.45) is 11.1 Å². The summed E-state index contributed by atoms with van der Waals surface area (Å²) in [5.41, 5.74) is 1.01. The molecule has 0 radical (unpaired) electrons. The quantitative estimate of drug-likeness (QED) is 0.552. The van der Waals surface area contributed by atoms with E-state index in [2.05, 4.69) is 31.3 Å². The molecule has 0 spiro atoms. The summed E-state index contributed by atoms with van der Waals surface area (Å²) < 4.78 is 29.2. The number of carbonyl (C=O) groups is 1. The molecule has 0 saturated carbocycles. The first-order valence-electron chi connectivity index (χ1n) is 11.7. The summed E-state index contributed by atoms with van der Waals surface area (Å²) in [5, 5.41) is 8.80. The minimum atomic E-state index is -3.78. The van der Waals surface area contributed by atoms with Crippen LogP contribution in [0.1, 0.15) is 65.5 Å². The van der Waals surface area contributed by atoms with Gasteiger partial charge in [0, 0.05) is 17.8 Å². The summed E-state index contributed by atoms with van der Waals surface area (Å²) in [6, 6.07) is 16.6. The molecule has 7 nitrogen and oxygen atoms in total. The number of benzene rings is 2. The second kappa shape index (κ2) is 9.96. The molecule has 1 amide bonds. The molecule has 1 fully saturated rings. The van der Waals surface area contributed by atoms with Crippen LogP contribution in [0.4, 0.5) is 10.5 Å². The number of nitrogens with one attached hydrogen (secondary N) is 1. The highest BCUT2D eigenvalue weighted by atomic mass is 32.2. The van der Waals surface area contributed by atoms with Gasteiger partial charge < -0.3 is 15.0 Å². The van der Waals surface area contributed by atoms with E-state index in [1.807, 2.05) is 49.9 Å². The van der Waals surface area contributed by atoms with E-state index in [1.54, 1.807) is 12.1 Å². The van der Waals surface area contributed by atoms with Crippen molar-refractivity contribution in [1.29, 1.82) is 0 Å². The van der Waals surface area contributed by atoms with Gasteiger partial charge >= 0.3 is 6.09 Å². The van der Waals surface area contributed by atoms with Gasteiger partial charge in [-0.05, 0) is 83.6 Å². The smallest absolute Gasteiger partial charge is 0.410 e. The van der Waals surface area contributed by atoms with Crippen LogP contribution in [0.2, 0.25) is 0 Å². The van der Waals surface area contributed by atoms with Gasteiger partial charge in [-0.1, -0.05) is 36.4 Å². The number of sulfonamides is 1. The number of anilines is 1. The lowest BCUT2D eigenvalue weighted by atomic mass is 9.90. The lowest BCUT2D eigenvalue weighted by Crippen LogP contribution is -2.45. The Morgan fingerprint density at radius 1 is 1.18 bits per heavy atom. The molecule has 3 rings (SSSR count). The number of ether oxygens (including phenoxy) is 1. The normalized spacial score (nSPS) is 19.0. The molecule has 2 unspecified atom stereocenters. The third-order valence-corrected chi connectivity index (χ3v) is 7.05. The van der Waals surface area contributed by atoms with Gasteiger partial charge in [0.05, 0.1) is 10.9 Å². The van der Waals surface area contributed by atoms with E-state index in [9.17, 15) is 13.2 Å². The molecule has 1 aliphatic heterocycles. The van der Waals surface area contributed by atoms with Crippen LogP contribution in [0.5, 0.6) is 0 Å². The first-order valence-corrected chi connectivity index (χ1v) is 13.2. The number of primary sulfonamides is 1. The second-order valence-electron chi connectivity index (χ2n) is 10.7. The van der Waals surface area contributed by atoms with E-state index < -0.39 is 15.6 Å². The maximum absolute atomic E-state index is 12.8. The fraction of sp³-hybridized carbons (Fsp3) is 0.500. The molecule has 0 bridgehead atoms. The van der Waals surface area contributed by atoms with Gasteiger partial charge in [-0.15, -0.1) is 0 Å². The van der Waals surface area contributed by atoms with Crippen molar-refractivity contribution in [3.63, 3.8) is 0 Å². The van der Waals surface area contributed by atoms with Crippen LogP contribution in [0.15, 0.2) is 59.5 Å². The van der Waals surface area contributed by atoms with Crippen LogP contribution < -0.4 is 10.5 Å². The van der Waals surface area contributed by atoms with Crippen molar-refractivity contribution in [2.45, 2.75) is 76.0 Å². The van der Waals surface area contributed by atoms with E-state index in [0.29, 0.717) is 18.2 Å². The highest BCUT2D eigenvalue weighted by molar-refractivity contribution is 7.89. The average Bonchev–Trinajstić information content (AvgIpc) is 3.04. The van der Waals surface area contributed by atoms with Gasteiger partial charge in [0.25, 0.3) is 0 Å².